The summed E-state index contributed by atoms with van der Waals surface area (Å²) in [7, 11) is 0. The van der Waals surface area contributed by atoms with E-state index in [1.165, 1.54) is 5.56 Å². The predicted molar refractivity (Wildman–Crippen MR) is 129 cm³/mol. The Morgan fingerprint density at radius 3 is 2.64 bits per heavy atom. The highest BCUT2D eigenvalue weighted by molar-refractivity contribution is 5.70. The lowest BCUT2D eigenvalue weighted by Gasteiger charge is -2.46. The molecule has 9 heteroatoms. The molecule has 0 radical (unpaired) electrons. The molecule has 0 aliphatic carbocycles. The topological polar surface area (TPSA) is 129 Å². The van der Waals surface area contributed by atoms with Gasteiger partial charge in [0.15, 0.2) is 0 Å². The lowest BCUT2D eigenvalue weighted by atomic mass is 9.92. The zero-order chi connectivity index (χ0) is 22.8. The number of phenolic OH excluding ortho intramolecular Hbond substituents is 1. The van der Waals surface area contributed by atoms with Crippen LogP contribution in [0.5, 0.6) is 5.75 Å². The molecule has 9 nitrogen and oxygen atoms in total. The van der Waals surface area contributed by atoms with Gasteiger partial charge in [0.25, 0.3) is 0 Å². The fraction of sp³-hybridized carbons (Fsp3) is 0.417. The molecule has 0 amide bonds. The van der Waals surface area contributed by atoms with Crippen LogP contribution in [0, 0.1) is 0 Å². The minimum absolute atomic E-state index is 0.153. The van der Waals surface area contributed by atoms with Crippen LogP contribution in [-0.4, -0.2) is 65.3 Å². The van der Waals surface area contributed by atoms with Crippen LogP contribution in [0.15, 0.2) is 54.3 Å². The minimum Gasteiger partial charge on any atom is -0.507 e. The molecule has 1 unspecified atom stereocenters. The molecular formula is C24H32N8O. The Bertz CT molecular complexity index is 1040. The molecule has 33 heavy (non-hydrogen) atoms. The van der Waals surface area contributed by atoms with Crippen LogP contribution in [0.25, 0.3) is 5.70 Å². The summed E-state index contributed by atoms with van der Waals surface area (Å²) in [6.45, 7) is 5.23. The van der Waals surface area contributed by atoms with Gasteiger partial charge >= 0.3 is 0 Å². The van der Waals surface area contributed by atoms with Crippen molar-refractivity contribution in [2.75, 3.05) is 44.2 Å². The van der Waals surface area contributed by atoms with E-state index in [2.05, 4.69) is 20.4 Å². The summed E-state index contributed by atoms with van der Waals surface area (Å²) in [6, 6.07) is 7.27. The second-order valence-corrected chi connectivity index (χ2v) is 8.93. The van der Waals surface area contributed by atoms with Crippen LogP contribution >= 0.6 is 0 Å². The quantitative estimate of drug-likeness (QED) is 0.463. The average Bonchev–Trinajstić information content (AvgIpc) is 2.86. The first-order valence-electron chi connectivity index (χ1n) is 11.6. The van der Waals surface area contributed by atoms with E-state index in [1.54, 1.807) is 18.2 Å². The van der Waals surface area contributed by atoms with Crippen LogP contribution in [0.4, 0.5) is 5.95 Å². The fourth-order valence-corrected chi connectivity index (χ4v) is 4.97. The number of fused-ring (bicyclic) bond motifs is 1. The highest BCUT2D eigenvalue weighted by atomic mass is 16.3. The second kappa shape index (κ2) is 9.19. The van der Waals surface area contributed by atoms with Crippen molar-refractivity contribution in [2.24, 2.45) is 11.5 Å². The summed E-state index contributed by atoms with van der Waals surface area (Å²) < 4.78 is 0. The van der Waals surface area contributed by atoms with Crippen molar-refractivity contribution in [3.63, 3.8) is 0 Å². The minimum atomic E-state index is 0.153. The molecule has 2 fully saturated rings. The standard InChI is InChI=1S/C24H32N8O/c25-20(19-3-1-2-4-22(19)33)11-21-23(26)28-14-18-15-31(9-10-32(18)21)24-29-12-17(13-30-24)16-5-7-27-8-6-16/h1-4,11-13,16,18,27-28,33H,5-10,14-15,25-26H2/b20-11-. The number of rotatable bonds is 4. The van der Waals surface area contributed by atoms with Crippen LogP contribution in [0.2, 0.25) is 0 Å². The van der Waals surface area contributed by atoms with Gasteiger partial charge in [-0.1, -0.05) is 12.1 Å². The van der Waals surface area contributed by atoms with E-state index in [0.717, 1.165) is 63.8 Å². The van der Waals surface area contributed by atoms with Gasteiger partial charge in [0.1, 0.15) is 11.6 Å². The van der Waals surface area contributed by atoms with Gasteiger partial charge in [-0.15, -0.1) is 0 Å². The summed E-state index contributed by atoms with van der Waals surface area (Å²) >= 11 is 0. The lowest BCUT2D eigenvalue weighted by molar-refractivity contribution is 0.211. The normalized spacial score (nSPS) is 22.2. The van der Waals surface area contributed by atoms with E-state index in [4.69, 9.17) is 21.4 Å². The molecular weight excluding hydrogens is 416 g/mol. The first kappa shape index (κ1) is 21.4. The number of aromatic nitrogens is 2. The van der Waals surface area contributed by atoms with Gasteiger partial charge in [-0.2, -0.15) is 0 Å². The second-order valence-electron chi connectivity index (χ2n) is 8.93. The Hall–Kier alpha value is -3.46. The predicted octanol–water partition coefficient (Wildman–Crippen LogP) is 0.871. The summed E-state index contributed by atoms with van der Waals surface area (Å²) in [5.74, 6) is 2.08. The van der Waals surface area contributed by atoms with Gasteiger partial charge in [-0.05, 0) is 55.6 Å². The number of hydrogen-bond acceptors (Lipinski definition) is 9. The summed E-state index contributed by atoms with van der Waals surface area (Å²) in [5.41, 5.74) is 15.8. The number of phenols is 1. The zero-order valence-electron chi connectivity index (χ0n) is 18.7. The number of aromatic hydroxyl groups is 1. The maximum Gasteiger partial charge on any atom is 0.225 e. The van der Waals surface area contributed by atoms with E-state index in [-0.39, 0.29) is 11.8 Å². The van der Waals surface area contributed by atoms with E-state index < -0.39 is 0 Å². The molecule has 1 atom stereocenters. The maximum atomic E-state index is 10.2. The molecule has 7 N–H and O–H groups in total. The summed E-state index contributed by atoms with van der Waals surface area (Å²) in [6.07, 6.45) is 8.14. The van der Waals surface area contributed by atoms with Crippen molar-refractivity contribution in [3.05, 3.63) is 65.4 Å². The van der Waals surface area contributed by atoms with Gasteiger partial charge in [0.05, 0.1) is 11.7 Å². The number of benzene rings is 1. The molecule has 4 heterocycles. The molecule has 2 saturated heterocycles. The van der Waals surface area contributed by atoms with Crippen molar-refractivity contribution in [3.8, 4) is 5.75 Å². The highest BCUT2D eigenvalue weighted by Crippen LogP contribution is 2.28. The van der Waals surface area contributed by atoms with E-state index >= 15 is 0 Å². The number of nitrogens with one attached hydrogen (secondary N) is 2. The van der Waals surface area contributed by atoms with Gasteiger partial charge < -0.3 is 37.0 Å². The molecule has 3 aliphatic heterocycles. The van der Waals surface area contributed by atoms with Crippen LogP contribution in [0.1, 0.15) is 29.9 Å². The molecule has 5 rings (SSSR count). The molecule has 0 saturated carbocycles. The number of para-hydroxylation sites is 1. The Balaban J connectivity index is 1.30. The van der Waals surface area contributed by atoms with E-state index in [9.17, 15) is 5.11 Å². The highest BCUT2D eigenvalue weighted by Gasteiger charge is 2.33. The number of anilines is 1. The third kappa shape index (κ3) is 4.41. The maximum absolute atomic E-state index is 10.2. The average molecular weight is 449 g/mol. The number of nitrogens with zero attached hydrogens (tertiary/aromatic N) is 4. The van der Waals surface area contributed by atoms with Gasteiger partial charge in [-0.3, -0.25) is 0 Å². The SMILES string of the molecule is NC1=C(/C=C(\N)c2ccccc2O)N2CCN(c3ncc(C4CCNCC4)cn3)CC2CN1. The molecule has 174 valence electrons. The molecule has 0 spiro atoms. The largest absolute Gasteiger partial charge is 0.507 e. The third-order valence-corrected chi connectivity index (χ3v) is 6.86. The molecule has 1 aromatic heterocycles. The first-order chi connectivity index (χ1) is 16.1. The van der Waals surface area contributed by atoms with Crippen molar-refractivity contribution in [1.82, 2.24) is 25.5 Å². The number of piperidine rings is 1. The smallest absolute Gasteiger partial charge is 0.225 e. The summed E-state index contributed by atoms with van der Waals surface area (Å²) in [5, 5.41) is 16.9. The zero-order valence-corrected chi connectivity index (χ0v) is 18.7. The van der Waals surface area contributed by atoms with Crippen LogP contribution in [-0.2, 0) is 0 Å². The van der Waals surface area contributed by atoms with Gasteiger partial charge in [0.2, 0.25) is 5.95 Å². The van der Waals surface area contributed by atoms with E-state index in [0.29, 0.717) is 23.0 Å². The molecule has 0 bridgehead atoms. The number of piperazine rings is 1. The van der Waals surface area contributed by atoms with Crippen LogP contribution < -0.4 is 27.0 Å². The Morgan fingerprint density at radius 2 is 1.88 bits per heavy atom. The first-order valence-corrected chi connectivity index (χ1v) is 11.6. The van der Waals surface area contributed by atoms with Crippen LogP contribution in [0.3, 0.4) is 0 Å². The Kier molecular flexibility index (Phi) is 5.95. The lowest BCUT2D eigenvalue weighted by Crippen LogP contribution is -2.59. The Morgan fingerprint density at radius 1 is 1.12 bits per heavy atom. The van der Waals surface area contributed by atoms with E-state index in [1.807, 2.05) is 24.5 Å². The fourth-order valence-electron chi connectivity index (χ4n) is 4.97. The van der Waals surface area contributed by atoms with Crippen molar-refractivity contribution in [1.29, 1.82) is 0 Å². The monoisotopic (exact) mass is 448 g/mol. The number of allylic oxidation sites excluding steroid dienone is 1. The van der Waals surface area contributed by atoms with Crippen molar-refractivity contribution >= 4 is 11.6 Å². The molecule has 3 aliphatic rings. The van der Waals surface area contributed by atoms with Crippen molar-refractivity contribution in [2.45, 2.75) is 24.8 Å². The third-order valence-electron chi connectivity index (χ3n) is 6.86. The summed E-state index contributed by atoms with van der Waals surface area (Å²) in [4.78, 5) is 13.9. The molecule has 2 aromatic rings. The Labute approximate surface area is 194 Å². The van der Waals surface area contributed by atoms with Gasteiger partial charge in [-0.25, -0.2) is 9.97 Å². The number of hydrogen-bond donors (Lipinski definition) is 5. The molecule has 1 aromatic carbocycles. The van der Waals surface area contributed by atoms with Crippen molar-refractivity contribution < 1.29 is 5.11 Å². The van der Waals surface area contributed by atoms with Gasteiger partial charge in [0, 0.05) is 49.8 Å². The number of nitrogens with two attached hydrogens (primary N) is 2.